The Labute approximate surface area is 186 Å². The summed E-state index contributed by atoms with van der Waals surface area (Å²) in [6, 6.07) is 10.6. The summed E-state index contributed by atoms with van der Waals surface area (Å²) in [5, 5.41) is 1.54. The van der Waals surface area contributed by atoms with Crippen molar-refractivity contribution in [3.63, 3.8) is 0 Å². The van der Waals surface area contributed by atoms with Gasteiger partial charge in [0, 0.05) is 23.1 Å². The smallest absolute Gasteiger partial charge is 0.255 e. The van der Waals surface area contributed by atoms with E-state index >= 15 is 0 Å². The largest absolute Gasteiger partial charge is 0.331 e. The van der Waals surface area contributed by atoms with Crippen molar-refractivity contribution in [2.45, 2.75) is 40.3 Å². The fourth-order valence-corrected chi connectivity index (χ4v) is 3.94. The van der Waals surface area contributed by atoms with E-state index in [-0.39, 0.29) is 11.8 Å². The first-order valence-electron chi connectivity index (χ1n) is 9.69. The van der Waals surface area contributed by atoms with Crippen LogP contribution in [0.5, 0.6) is 0 Å². The number of fused-ring (bicyclic) bond motifs is 1. The molecule has 0 aliphatic rings. The average Bonchev–Trinajstić information content (AvgIpc) is 2.99. The Morgan fingerprint density at radius 2 is 1.79 bits per heavy atom. The van der Waals surface area contributed by atoms with Crippen LogP contribution in [0.4, 0.5) is 0 Å². The number of benzene rings is 2. The molecule has 2 aromatic carbocycles. The van der Waals surface area contributed by atoms with Crippen molar-refractivity contribution >= 4 is 51.7 Å². The predicted molar refractivity (Wildman–Crippen MR) is 121 cm³/mol. The summed E-state index contributed by atoms with van der Waals surface area (Å²) in [5.41, 5.74) is 2.25. The molecule has 1 aromatic heterocycles. The van der Waals surface area contributed by atoms with E-state index in [1.54, 1.807) is 23.1 Å². The molecule has 0 N–H and O–H groups in total. The van der Waals surface area contributed by atoms with Crippen molar-refractivity contribution in [1.29, 1.82) is 0 Å². The van der Waals surface area contributed by atoms with Gasteiger partial charge in [0.1, 0.15) is 5.82 Å². The molecule has 3 rings (SSSR count). The van der Waals surface area contributed by atoms with Crippen molar-refractivity contribution in [2.75, 3.05) is 6.54 Å². The summed E-state index contributed by atoms with van der Waals surface area (Å²) in [5.74, 6) is 0.964. The van der Waals surface area contributed by atoms with Crippen molar-refractivity contribution in [3.8, 4) is 0 Å². The van der Waals surface area contributed by atoms with Gasteiger partial charge in [-0.25, -0.2) is 4.98 Å². The summed E-state index contributed by atoms with van der Waals surface area (Å²) in [6.45, 7) is 8.03. The van der Waals surface area contributed by atoms with Crippen LogP contribution in [0.3, 0.4) is 0 Å². The molecule has 0 aliphatic heterocycles. The maximum atomic E-state index is 13.3. The zero-order chi connectivity index (χ0) is 21.1. The normalized spacial score (nSPS) is 11.4. The second-order valence-electron chi connectivity index (χ2n) is 7.52. The molecule has 0 unspecified atom stereocenters. The molecule has 0 aliphatic carbocycles. The van der Waals surface area contributed by atoms with Crippen molar-refractivity contribution < 1.29 is 4.79 Å². The van der Waals surface area contributed by atoms with Gasteiger partial charge >= 0.3 is 0 Å². The zero-order valence-electron chi connectivity index (χ0n) is 16.8. The molecule has 1 amide bonds. The third kappa shape index (κ3) is 5.06. The zero-order valence-corrected chi connectivity index (χ0v) is 19.0. The van der Waals surface area contributed by atoms with Crippen molar-refractivity contribution in [1.82, 2.24) is 14.5 Å². The van der Waals surface area contributed by atoms with Crippen LogP contribution >= 0.6 is 34.8 Å². The number of halogens is 3. The fraction of sp³-hybridized carbons (Fsp3) is 0.364. The lowest BCUT2D eigenvalue weighted by atomic mass is 10.1. The second kappa shape index (κ2) is 9.38. The monoisotopic (exact) mass is 451 g/mol. The molecule has 1 heterocycles. The first-order valence-corrected chi connectivity index (χ1v) is 10.8. The summed E-state index contributed by atoms with van der Waals surface area (Å²) in [7, 11) is 0. The predicted octanol–water partition coefficient (Wildman–Crippen LogP) is 6.70. The molecule has 4 nitrogen and oxygen atoms in total. The summed E-state index contributed by atoms with van der Waals surface area (Å²) in [4.78, 5) is 19.9. The SMILES string of the molecule is CCCn1c(CN(CC(C)C)C(=O)c2cc(Cl)ccc2Cl)nc2ccc(Cl)cc21. The van der Waals surface area contributed by atoms with Crippen LogP contribution < -0.4 is 0 Å². The minimum absolute atomic E-state index is 0.153. The van der Waals surface area contributed by atoms with E-state index in [9.17, 15) is 4.79 Å². The first-order chi connectivity index (χ1) is 13.8. The van der Waals surface area contributed by atoms with Gasteiger partial charge in [-0.2, -0.15) is 0 Å². The Morgan fingerprint density at radius 3 is 2.48 bits per heavy atom. The number of carbonyl (C=O) groups is 1. The van der Waals surface area contributed by atoms with E-state index < -0.39 is 0 Å². The molecule has 0 saturated heterocycles. The number of aromatic nitrogens is 2. The summed E-state index contributed by atoms with van der Waals surface area (Å²) < 4.78 is 2.14. The Balaban J connectivity index is 2.02. The van der Waals surface area contributed by atoms with Gasteiger partial charge < -0.3 is 9.47 Å². The van der Waals surface area contributed by atoms with Crippen LogP contribution in [0.15, 0.2) is 36.4 Å². The molecule has 29 heavy (non-hydrogen) atoms. The average molecular weight is 453 g/mol. The van der Waals surface area contributed by atoms with E-state index in [2.05, 4.69) is 25.3 Å². The van der Waals surface area contributed by atoms with Gasteiger partial charge in [0.15, 0.2) is 0 Å². The Kier molecular flexibility index (Phi) is 7.10. The molecule has 0 spiro atoms. The lowest BCUT2D eigenvalue weighted by molar-refractivity contribution is 0.0716. The highest BCUT2D eigenvalue weighted by molar-refractivity contribution is 6.35. The molecule has 0 fully saturated rings. The fourth-order valence-electron chi connectivity index (χ4n) is 3.40. The number of aryl methyl sites for hydroxylation is 1. The second-order valence-corrected chi connectivity index (χ2v) is 8.80. The van der Waals surface area contributed by atoms with Gasteiger partial charge in [-0.05, 0) is 48.7 Å². The molecule has 154 valence electrons. The van der Waals surface area contributed by atoms with E-state index in [0.29, 0.717) is 33.7 Å². The van der Waals surface area contributed by atoms with Gasteiger partial charge in [0.2, 0.25) is 0 Å². The molecular formula is C22H24Cl3N3O. The van der Waals surface area contributed by atoms with Crippen LogP contribution in [0.2, 0.25) is 15.1 Å². The third-order valence-corrected chi connectivity index (χ3v) is 5.40. The molecule has 7 heteroatoms. The quantitative estimate of drug-likeness (QED) is 0.400. The van der Waals surface area contributed by atoms with Gasteiger partial charge in [-0.15, -0.1) is 0 Å². The van der Waals surface area contributed by atoms with Gasteiger partial charge in [0.05, 0.1) is 28.2 Å². The van der Waals surface area contributed by atoms with Crippen LogP contribution in [0.1, 0.15) is 43.4 Å². The lowest BCUT2D eigenvalue weighted by Gasteiger charge is -2.25. The van der Waals surface area contributed by atoms with Crippen molar-refractivity contribution in [3.05, 3.63) is 62.9 Å². The maximum Gasteiger partial charge on any atom is 0.255 e. The standard InChI is InChI=1S/C22H24Cl3N3O/c1-4-9-28-20-11-16(24)6-8-19(20)26-21(28)13-27(12-14(2)3)22(29)17-10-15(23)5-7-18(17)25/h5-8,10-11,14H,4,9,12-13H2,1-3H3. The minimum Gasteiger partial charge on any atom is -0.331 e. The highest BCUT2D eigenvalue weighted by atomic mass is 35.5. The highest BCUT2D eigenvalue weighted by Gasteiger charge is 2.23. The molecule has 0 saturated carbocycles. The highest BCUT2D eigenvalue weighted by Crippen LogP contribution is 2.25. The Morgan fingerprint density at radius 1 is 1.10 bits per heavy atom. The van der Waals surface area contributed by atoms with Crippen LogP contribution in [-0.4, -0.2) is 26.9 Å². The molecular weight excluding hydrogens is 429 g/mol. The number of imidazole rings is 1. The van der Waals surface area contributed by atoms with Gasteiger partial charge in [-0.1, -0.05) is 55.6 Å². The van der Waals surface area contributed by atoms with E-state index in [4.69, 9.17) is 39.8 Å². The lowest BCUT2D eigenvalue weighted by Crippen LogP contribution is -2.35. The summed E-state index contributed by atoms with van der Waals surface area (Å²) >= 11 is 18.6. The Hall–Kier alpha value is -1.75. The number of carbonyl (C=O) groups excluding carboxylic acids is 1. The van der Waals surface area contributed by atoms with E-state index in [1.165, 1.54) is 0 Å². The van der Waals surface area contributed by atoms with Crippen LogP contribution in [0.25, 0.3) is 11.0 Å². The number of nitrogens with zero attached hydrogens (tertiary/aromatic N) is 3. The van der Waals surface area contributed by atoms with Gasteiger partial charge in [0.25, 0.3) is 5.91 Å². The Bertz CT molecular complexity index is 1030. The van der Waals surface area contributed by atoms with Crippen LogP contribution in [0, 0.1) is 5.92 Å². The number of rotatable bonds is 7. The third-order valence-electron chi connectivity index (χ3n) is 4.60. The number of hydrogen-bond acceptors (Lipinski definition) is 2. The topological polar surface area (TPSA) is 38.1 Å². The minimum atomic E-state index is -0.153. The number of hydrogen-bond donors (Lipinski definition) is 0. The first kappa shape index (κ1) is 21.9. The molecule has 3 aromatic rings. The molecule has 0 radical (unpaired) electrons. The molecule has 0 bridgehead atoms. The number of amides is 1. The maximum absolute atomic E-state index is 13.3. The molecule has 0 atom stereocenters. The van der Waals surface area contributed by atoms with E-state index in [1.807, 2.05) is 18.2 Å². The van der Waals surface area contributed by atoms with Crippen LogP contribution in [-0.2, 0) is 13.1 Å². The van der Waals surface area contributed by atoms with E-state index in [0.717, 1.165) is 29.8 Å². The van der Waals surface area contributed by atoms with Gasteiger partial charge in [-0.3, -0.25) is 4.79 Å². The van der Waals surface area contributed by atoms with Crippen molar-refractivity contribution in [2.24, 2.45) is 5.92 Å². The summed E-state index contributed by atoms with van der Waals surface area (Å²) in [6.07, 6.45) is 0.948.